The van der Waals surface area contributed by atoms with Crippen molar-refractivity contribution in [2.45, 2.75) is 26.6 Å². The molecule has 3 nitrogen and oxygen atoms in total. The first kappa shape index (κ1) is 13.7. The molecule has 0 saturated carbocycles. The van der Waals surface area contributed by atoms with E-state index in [1.54, 1.807) is 6.20 Å². The number of pyridine rings is 1. The van der Waals surface area contributed by atoms with Gasteiger partial charge >= 0.3 is 0 Å². The zero-order valence-corrected chi connectivity index (χ0v) is 11.6. The molecule has 0 unspecified atom stereocenters. The van der Waals surface area contributed by atoms with Crippen LogP contribution in [0.5, 0.6) is 0 Å². The minimum absolute atomic E-state index is 0.495. The van der Waals surface area contributed by atoms with Crippen LogP contribution in [0.15, 0.2) is 42.6 Å². The zero-order valence-electron chi connectivity index (χ0n) is 11.6. The summed E-state index contributed by atoms with van der Waals surface area (Å²) in [6.07, 6.45) is 1.80. The van der Waals surface area contributed by atoms with E-state index in [0.29, 0.717) is 6.54 Å². The van der Waals surface area contributed by atoms with Gasteiger partial charge in [0, 0.05) is 25.8 Å². The van der Waals surface area contributed by atoms with Gasteiger partial charge < -0.3 is 5.73 Å². The minimum atomic E-state index is 0.495. The van der Waals surface area contributed by atoms with Crippen LogP contribution in [0, 0.1) is 6.92 Å². The largest absolute Gasteiger partial charge is 0.325 e. The minimum Gasteiger partial charge on any atom is -0.325 e. The summed E-state index contributed by atoms with van der Waals surface area (Å²) >= 11 is 0. The van der Waals surface area contributed by atoms with Gasteiger partial charge in [-0.2, -0.15) is 0 Å². The van der Waals surface area contributed by atoms with E-state index in [1.807, 2.05) is 6.07 Å². The molecule has 19 heavy (non-hydrogen) atoms. The molecule has 2 N–H and O–H groups in total. The Bertz CT molecular complexity index is 520. The summed E-state index contributed by atoms with van der Waals surface area (Å²) in [5.74, 6) is 0. The van der Waals surface area contributed by atoms with Crippen LogP contribution in [0.2, 0.25) is 0 Å². The van der Waals surface area contributed by atoms with Crippen molar-refractivity contribution in [2.24, 2.45) is 5.73 Å². The van der Waals surface area contributed by atoms with E-state index in [4.69, 9.17) is 5.73 Å². The van der Waals surface area contributed by atoms with Gasteiger partial charge in [0.15, 0.2) is 0 Å². The van der Waals surface area contributed by atoms with E-state index in [0.717, 1.165) is 18.8 Å². The summed E-state index contributed by atoms with van der Waals surface area (Å²) in [7, 11) is 2.12. The number of aromatic nitrogens is 1. The maximum absolute atomic E-state index is 5.71. The van der Waals surface area contributed by atoms with E-state index in [-0.39, 0.29) is 0 Å². The van der Waals surface area contributed by atoms with E-state index < -0.39 is 0 Å². The van der Waals surface area contributed by atoms with Crippen molar-refractivity contribution >= 4 is 0 Å². The Morgan fingerprint density at radius 3 is 2.53 bits per heavy atom. The van der Waals surface area contributed by atoms with Gasteiger partial charge in [-0.15, -0.1) is 0 Å². The van der Waals surface area contributed by atoms with E-state index in [1.165, 1.54) is 16.7 Å². The number of hydrogen-bond acceptors (Lipinski definition) is 3. The number of nitrogens with zero attached hydrogens (tertiary/aromatic N) is 2. The standard InChI is InChI=1S/C16H21N3/c1-13-5-7-14(8-6-13)11-19(2)12-15-4-3-9-18-16(15)10-17/h3-9H,10-12,17H2,1-2H3. The fourth-order valence-electron chi connectivity index (χ4n) is 2.15. The highest BCUT2D eigenvalue weighted by molar-refractivity contribution is 5.22. The first-order chi connectivity index (χ1) is 9.19. The maximum atomic E-state index is 5.71. The van der Waals surface area contributed by atoms with Gasteiger partial charge in [-0.25, -0.2) is 0 Å². The van der Waals surface area contributed by atoms with Crippen molar-refractivity contribution in [1.29, 1.82) is 0 Å². The number of hydrogen-bond donors (Lipinski definition) is 1. The van der Waals surface area contributed by atoms with Gasteiger partial charge in [0.05, 0.1) is 5.69 Å². The molecule has 0 bridgehead atoms. The van der Waals surface area contributed by atoms with Crippen LogP contribution in [0.3, 0.4) is 0 Å². The number of aryl methyl sites for hydroxylation is 1. The third-order valence-electron chi connectivity index (χ3n) is 3.19. The molecule has 100 valence electrons. The van der Waals surface area contributed by atoms with Crippen molar-refractivity contribution in [3.05, 3.63) is 65.0 Å². The summed E-state index contributed by atoms with van der Waals surface area (Å²) in [5.41, 5.74) is 10.5. The summed E-state index contributed by atoms with van der Waals surface area (Å²) in [6.45, 7) is 4.40. The van der Waals surface area contributed by atoms with Crippen molar-refractivity contribution in [3.63, 3.8) is 0 Å². The number of benzene rings is 1. The summed E-state index contributed by atoms with van der Waals surface area (Å²) in [4.78, 5) is 6.60. The second-order valence-electron chi connectivity index (χ2n) is 4.97. The molecular weight excluding hydrogens is 234 g/mol. The van der Waals surface area contributed by atoms with Crippen molar-refractivity contribution in [3.8, 4) is 0 Å². The molecule has 1 aromatic carbocycles. The quantitative estimate of drug-likeness (QED) is 0.892. The molecule has 2 rings (SSSR count). The molecule has 0 amide bonds. The third-order valence-corrected chi connectivity index (χ3v) is 3.19. The molecule has 1 aromatic heterocycles. The van der Waals surface area contributed by atoms with Crippen molar-refractivity contribution < 1.29 is 0 Å². The highest BCUT2D eigenvalue weighted by Crippen LogP contribution is 2.11. The van der Waals surface area contributed by atoms with Gasteiger partial charge in [0.2, 0.25) is 0 Å². The molecule has 0 aliphatic rings. The Morgan fingerprint density at radius 2 is 1.84 bits per heavy atom. The molecule has 0 fully saturated rings. The van der Waals surface area contributed by atoms with Gasteiger partial charge in [-0.1, -0.05) is 35.9 Å². The monoisotopic (exact) mass is 255 g/mol. The lowest BCUT2D eigenvalue weighted by atomic mass is 10.1. The van der Waals surface area contributed by atoms with Crippen LogP contribution in [0.25, 0.3) is 0 Å². The average Bonchev–Trinajstić information content (AvgIpc) is 2.42. The lowest BCUT2D eigenvalue weighted by Crippen LogP contribution is -2.19. The van der Waals surface area contributed by atoms with Crippen LogP contribution in [-0.4, -0.2) is 16.9 Å². The molecule has 0 aliphatic heterocycles. The molecule has 0 aliphatic carbocycles. The second-order valence-corrected chi connectivity index (χ2v) is 4.97. The summed E-state index contributed by atoms with van der Waals surface area (Å²) in [6, 6.07) is 12.7. The van der Waals surface area contributed by atoms with E-state index in [9.17, 15) is 0 Å². The lowest BCUT2D eigenvalue weighted by Gasteiger charge is -2.18. The highest BCUT2D eigenvalue weighted by Gasteiger charge is 2.06. The average molecular weight is 255 g/mol. The van der Waals surface area contributed by atoms with Crippen LogP contribution >= 0.6 is 0 Å². The maximum Gasteiger partial charge on any atom is 0.0584 e. The van der Waals surface area contributed by atoms with Gasteiger partial charge in [0.1, 0.15) is 0 Å². The number of rotatable bonds is 5. The van der Waals surface area contributed by atoms with Gasteiger partial charge in [0.25, 0.3) is 0 Å². The third kappa shape index (κ3) is 3.88. The van der Waals surface area contributed by atoms with Crippen LogP contribution in [0.1, 0.15) is 22.4 Å². The first-order valence-electron chi connectivity index (χ1n) is 6.56. The Morgan fingerprint density at radius 1 is 1.11 bits per heavy atom. The predicted octanol–water partition coefficient (Wildman–Crippen LogP) is 2.48. The predicted molar refractivity (Wildman–Crippen MR) is 78.5 cm³/mol. The van der Waals surface area contributed by atoms with Crippen LogP contribution in [0.4, 0.5) is 0 Å². The molecule has 1 heterocycles. The SMILES string of the molecule is Cc1ccc(CN(C)Cc2cccnc2CN)cc1. The van der Waals surface area contributed by atoms with Gasteiger partial charge in [-0.05, 0) is 31.2 Å². The molecule has 0 atom stereocenters. The van der Waals surface area contributed by atoms with Gasteiger partial charge in [-0.3, -0.25) is 9.88 Å². The molecule has 3 heteroatoms. The summed E-state index contributed by atoms with van der Waals surface area (Å²) in [5, 5.41) is 0. The Hall–Kier alpha value is -1.71. The van der Waals surface area contributed by atoms with Crippen molar-refractivity contribution in [2.75, 3.05) is 7.05 Å². The fraction of sp³-hybridized carbons (Fsp3) is 0.312. The molecule has 0 saturated heterocycles. The second kappa shape index (κ2) is 6.45. The first-order valence-corrected chi connectivity index (χ1v) is 6.56. The van der Waals surface area contributed by atoms with Crippen molar-refractivity contribution in [1.82, 2.24) is 9.88 Å². The molecule has 0 radical (unpaired) electrons. The molecular formula is C16H21N3. The van der Waals surface area contributed by atoms with E-state index >= 15 is 0 Å². The smallest absolute Gasteiger partial charge is 0.0584 e. The van der Waals surface area contributed by atoms with Crippen LogP contribution in [-0.2, 0) is 19.6 Å². The van der Waals surface area contributed by atoms with Crippen LogP contribution < -0.4 is 5.73 Å². The highest BCUT2D eigenvalue weighted by atomic mass is 15.1. The topological polar surface area (TPSA) is 42.2 Å². The fourth-order valence-corrected chi connectivity index (χ4v) is 2.15. The number of nitrogens with two attached hydrogens (primary N) is 1. The van der Waals surface area contributed by atoms with E-state index in [2.05, 4.69) is 54.2 Å². The molecule has 2 aromatic rings. The Kier molecular flexibility index (Phi) is 4.66. The summed E-state index contributed by atoms with van der Waals surface area (Å²) < 4.78 is 0. The Labute approximate surface area is 115 Å². The molecule has 0 spiro atoms. The Balaban J connectivity index is 2.01. The normalized spacial score (nSPS) is 10.9. The lowest BCUT2D eigenvalue weighted by molar-refractivity contribution is 0.317. The zero-order chi connectivity index (χ0) is 13.7.